The average Bonchev–Trinajstić information content (AvgIpc) is 3.12. The molecule has 26 heavy (non-hydrogen) atoms. The highest BCUT2D eigenvalue weighted by Gasteiger charge is 2.36. The van der Waals surface area contributed by atoms with E-state index in [0.717, 1.165) is 0 Å². The van der Waals surface area contributed by atoms with Crippen LogP contribution in [0.15, 0.2) is 54.9 Å². The first kappa shape index (κ1) is 16.6. The van der Waals surface area contributed by atoms with Crippen LogP contribution >= 0.6 is 0 Å². The van der Waals surface area contributed by atoms with E-state index >= 15 is 0 Å². The zero-order chi connectivity index (χ0) is 18.1. The van der Waals surface area contributed by atoms with Crippen molar-refractivity contribution in [2.45, 2.75) is 5.92 Å². The van der Waals surface area contributed by atoms with Crippen LogP contribution in [0.5, 0.6) is 0 Å². The van der Waals surface area contributed by atoms with Crippen LogP contribution in [0.1, 0.15) is 21.8 Å². The molecule has 2 atom stereocenters. The SMILES string of the molecule is NC[C@@H]1CN(C(=O)c2cc(F)cc3nccnc23)C[C@H]1c1ccccc1. The Hall–Kier alpha value is -2.86. The number of aromatic nitrogens is 2. The molecule has 0 bridgehead atoms. The summed E-state index contributed by atoms with van der Waals surface area (Å²) in [6.45, 7) is 1.60. The molecule has 4 rings (SSSR count). The van der Waals surface area contributed by atoms with Crippen LogP contribution in [0.3, 0.4) is 0 Å². The van der Waals surface area contributed by atoms with Gasteiger partial charge < -0.3 is 10.6 Å². The van der Waals surface area contributed by atoms with E-state index in [4.69, 9.17) is 5.73 Å². The molecule has 5 nitrogen and oxygen atoms in total. The highest BCUT2D eigenvalue weighted by molar-refractivity contribution is 6.04. The Morgan fingerprint density at radius 2 is 1.92 bits per heavy atom. The van der Waals surface area contributed by atoms with Gasteiger partial charge in [-0.05, 0) is 24.1 Å². The van der Waals surface area contributed by atoms with Crippen molar-refractivity contribution in [2.75, 3.05) is 19.6 Å². The first-order valence-corrected chi connectivity index (χ1v) is 8.62. The monoisotopic (exact) mass is 350 g/mol. The van der Waals surface area contributed by atoms with E-state index in [2.05, 4.69) is 22.1 Å². The first-order valence-electron chi connectivity index (χ1n) is 8.62. The molecule has 6 heteroatoms. The van der Waals surface area contributed by atoms with Gasteiger partial charge in [-0.3, -0.25) is 14.8 Å². The fourth-order valence-electron chi connectivity index (χ4n) is 3.73. The third kappa shape index (κ3) is 2.93. The van der Waals surface area contributed by atoms with Crippen LogP contribution in [0.4, 0.5) is 4.39 Å². The molecule has 132 valence electrons. The maximum atomic E-state index is 14.0. The summed E-state index contributed by atoms with van der Waals surface area (Å²) in [5, 5.41) is 0. The van der Waals surface area contributed by atoms with Crippen LogP contribution in [-0.2, 0) is 0 Å². The number of nitrogens with two attached hydrogens (primary N) is 1. The van der Waals surface area contributed by atoms with Gasteiger partial charge in [-0.15, -0.1) is 0 Å². The third-order valence-electron chi connectivity index (χ3n) is 5.03. The van der Waals surface area contributed by atoms with E-state index in [1.165, 1.54) is 30.1 Å². The lowest BCUT2D eigenvalue weighted by Crippen LogP contribution is -2.30. The highest BCUT2D eigenvalue weighted by Crippen LogP contribution is 2.33. The van der Waals surface area contributed by atoms with Gasteiger partial charge >= 0.3 is 0 Å². The Kier molecular flexibility index (Phi) is 4.34. The molecule has 1 saturated heterocycles. The average molecular weight is 350 g/mol. The van der Waals surface area contributed by atoms with E-state index < -0.39 is 5.82 Å². The topological polar surface area (TPSA) is 72.1 Å². The largest absolute Gasteiger partial charge is 0.338 e. The number of halogens is 1. The van der Waals surface area contributed by atoms with Crippen LogP contribution in [-0.4, -0.2) is 40.4 Å². The summed E-state index contributed by atoms with van der Waals surface area (Å²) in [5.41, 5.74) is 8.18. The minimum absolute atomic E-state index is 0.173. The van der Waals surface area contributed by atoms with Crippen molar-refractivity contribution in [1.29, 1.82) is 0 Å². The van der Waals surface area contributed by atoms with Gasteiger partial charge in [0.25, 0.3) is 5.91 Å². The fraction of sp³-hybridized carbons (Fsp3) is 0.250. The van der Waals surface area contributed by atoms with Crippen molar-refractivity contribution in [1.82, 2.24) is 14.9 Å². The summed E-state index contributed by atoms with van der Waals surface area (Å²) >= 11 is 0. The second-order valence-electron chi connectivity index (χ2n) is 6.60. The van der Waals surface area contributed by atoms with E-state index in [0.29, 0.717) is 30.7 Å². The smallest absolute Gasteiger partial charge is 0.256 e. The van der Waals surface area contributed by atoms with E-state index in [-0.39, 0.29) is 23.3 Å². The van der Waals surface area contributed by atoms with E-state index in [1.54, 1.807) is 4.90 Å². The van der Waals surface area contributed by atoms with E-state index in [9.17, 15) is 9.18 Å². The Labute approximate surface area is 150 Å². The summed E-state index contributed by atoms with van der Waals surface area (Å²) in [7, 11) is 0. The van der Waals surface area contributed by atoms with Crippen molar-refractivity contribution in [3.63, 3.8) is 0 Å². The van der Waals surface area contributed by atoms with Gasteiger partial charge in [0.05, 0.1) is 11.1 Å². The molecule has 0 aliphatic carbocycles. The Morgan fingerprint density at radius 3 is 2.69 bits per heavy atom. The second-order valence-corrected chi connectivity index (χ2v) is 6.60. The van der Waals surface area contributed by atoms with Gasteiger partial charge in [0.1, 0.15) is 11.3 Å². The van der Waals surface area contributed by atoms with Crippen molar-refractivity contribution in [3.05, 3.63) is 71.8 Å². The Balaban J connectivity index is 1.67. The molecular weight excluding hydrogens is 331 g/mol. The number of benzene rings is 2. The summed E-state index contributed by atoms with van der Waals surface area (Å²) in [6, 6.07) is 12.6. The lowest BCUT2D eigenvalue weighted by atomic mass is 9.89. The van der Waals surface area contributed by atoms with Crippen LogP contribution < -0.4 is 5.73 Å². The zero-order valence-electron chi connectivity index (χ0n) is 14.2. The van der Waals surface area contributed by atoms with Crippen LogP contribution in [0.2, 0.25) is 0 Å². The van der Waals surface area contributed by atoms with E-state index in [1.807, 2.05) is 18.2 Å². The van der Waals surface area contributed by atoms with Crippen molar-refractivity contribution < 1.29 is 9.18 Å². The number of likely N-dealkylation sites (tertiary alicyclic amines) is 1. The van der Waals surface area contributed by atoms with Gasteiger partial charge in [0.2, 0.25) is 0 Å². The highest BCUT2D eigenvalue weighted by atomic mass is 19.1. The molecular formula is C20H19FN4O. The van der Waals surface area contributed by atoms with Gasteiger partial charge in [0, 0.05) is 37.5 Å². The van der Waals surface area contributed by atoms with Crippen molar-refractivity contribution in [3.8, 4) is 0 Å². The minimum atomic E-state index is -0.490. The summed E-state index contributed by atoms with van der Waals surface area (Å²) in [4.78, 5) is 23.2. The predicted octanol–water partition coefficient (Wildman–Crippen LogP) is 2.58. The van der Waals surface area contributed by atoms with Gasteiger partial charge in [-0.25, -0.2) is 4.39 Å². The lowest BCUT2D eigenvalue weighted by Gasteiger charge is -2.17. The van der Waals surface area contributed by atoms with Crippen molar-refractivity contribution >= 4 is 16.9 Å². The molecule has 0 saturated carbocycles. The number of hydrogen-bond acceptors (Lipinski definition) is 4. The Bertz CT molecular complexity index is 947. The number of carbonyl (C=O) groups is 1. The number of rotatable bonds is 3. The minimum Gasteiger partial charge on any atom is -0.338 e. The number of amides is 1. The number of hydrogen-bond donors (Lipinski definition) is 1. The molecule has 0 radical (unpaired) electrons. The first-order chi connectivity index (χ1) is 12.7. The molecule has 1 fully saturated rings. The summed E-state index contributed by atoms with van der Waals surface area (Å²) < 4.78 is 14.0. The number of nitrogens with zero attached hydrogens (tertiary/aromatic N) is 3. The normalized spacial score (nSPS) is 19.8. The molecule has 0 unspecified atom stereocenters. The zero-order valence-corrected chi connectivity index (χ0v) is 14.2. The molecule has 3 aromatic rings. The molecule has 0 spiro atoms. The standard InChI is InChI=1S/C20H19FN4O/c21-15-8-16(19-18(9-15)23-6-7-24-19)20(26)25-11-14(10-22)17(12-25)13-4-2-1-3-5-13/h1-9,14,17H,10-12,22H2/t14-,17+/m1/s1. The van der Waals surface area contributed by atoms with Gasteiger partial charge in [0.15, 0.2) is 0 Å². The molecule has 1 aliphatic rings. The summed E-state index contributed by atoms with van der Waals surface area (Å²) in [5.74, 6) is -0.370. The van der Waals surface area contributed by atoms with Gasteiger partial charge in [-0.1, -0.05) is 30.3 Å². The molecule has 1 amide bonds. The molecule has 1 aromatic heterocycles. The third-order valence-corrected chi connectivity index (χ3v) is 5.03. The molecule has 2 heterocycles. The molecule has 2 aromatic carbocycles. The maximum absolute atomic E-state index is 14.0. The molecule has 2 N–H and O–H groups in total. The van der Waals surface area contributed by atoms with Crippen molar-refractivity contribution in [2.24, 2.45) is 11.7 Å². The van der Waals surface area contributed by atoms with Crippen LogP contribution in [0.25, 0.3) is 11.0 Å². The molecule has 1 aliphatic heterocycles. The number of fused-ring (bicyclic) bond motifs is 1. The maximum Gasteiger partial charge on any atom is 0.256 e. The number of carbonyl (C=O) groups excluding carboxylic acids is 1. The predicted molar refractivity (Wildman–Crippen MR) is 97.1 cm³/mol. The fourth-order valence-corrected chi connectivity index (χ4v) is 3.73. The second kappa shape index (κ2) is 6.80. The quantitative estimate of drug-likeness (QED) is 0.788. The summed E-state index contributed by atoms with van der Waals surface area (Å²) in [6.07, 6.45) is 3.00. The Morgan fingerprint density at radius 1 is 1.15 bits per heavy atom. The van der Waals surface area contributed by atoms with Gasteiger partial charge in [-0.2, -0.15) is 0 Å². The lowest BCUT2D eigenvalue weighted by molar-refractivity contribution is 0.0787. The van der Waals surface area contributed by atoms with Crippen LogP contribution in [0, 0.1) is 11.7 Å².